The molecule has 0 heterocycles. The van der Waals surface area contributed by atoms with Gasteiger partial charge >= 0.3 is 0 Å². The van der Waals surface area contributed by atoms with Gasteiger partial charge < -0.3 is 9.64 Å². The first kappa shape index (κ1) is 40.4. The van der Waals surface area contributed by atoms with Crippen molar-refractivity contribution in [3.8, 4) is 12.3 Å². The summed E-state index contributed by atoms with van der Waals surface area (Å²) in [6, 6.07) is 6.10. The van der Waals surface area contributed by atoms with Gasteiger partial charge in [-0.1, -0.05) is 77.2 Å². The summed E-state index contributed by atoms with van der Waals surface area (Å²) in [5.41, 5.74) is 5.31. The van der Waals surface area contributed by atoms with Crippen LogP contribution in [-0.2, 0) is 4.74 Å². The Hall–Kier alpha value is -2.73. The molecule has 2 aliphatic carbocycles. The number of rotatable bonds is 5. The van der Waals surface area contributed by atoms with Crippen LogP contribution in [-0.4, -0.2) is 19.7 Å². The zero-order chi connectivity index (χ0) is 32.3. The molecule has 3 heteroatoms. The van der Waals surface area contributed by atoms with Crippen LogP contribution in [0.2, 0.25) is 0 Å². The summed E-state index contributed by atoms with van der Waals surface area (Å²) in [7, 11) is 3.99. The molecular formula is C38H62FNO. The van der Waals surface area contributed by atoms with Crippen LogP contribution in [0.25, 0.3) is 0 Å². The van der Waals surface area contributed by atoms with Crippen LogP contribution in [0.4, 0.5) is 10.1 Å². The maximum absolute atomic E-state index is 12.6. The molecule has 2 nitrogen and oxygen atoms in total. The number of ether oxygens (including phenoxy) is 1. The number of benzene rings is 1. The third-order valence-corrected chi connectivity index (χ3v) is 6.85. The Kier molecular flexibility index (Phi) is 20.7. The second-order valence-electron chi connectivity index (χ2n) is 12.7. The van der Waals surface area contributed by atoms with Gasteiger partial charge in [0.05, 0.1) is 11.4 Å². The molecule has 2 aliphatic rings. The molecule has 41 heavy (non-hydrogen) atoms. The van der Waals surface area contributed by atoms with Gasteiger partial charge in [-0.25, -0.2) is 4.39 Å². The van der Waals surface area contributed by atoms with E-state index >= 15 is 0 Å². The molecular weight excluding hydrogens is 505 g/mol. The Labute approximate surface area is 254 Å². The molecule has 1 aromatic carbocycles. The summed E-state index contributed by atoms with van der Waals surface area (Å²) in [6.45, 7) is 29.8. The van der Waals surface area contributed by atoms with Crippen molar-refractivity contribution in [3.05, 3.63) is 77.4 Å². The number of hydrogen-bond acceptors (Lipinski definition) is 2. The van der Waals surface area contributed by atoms with E-state index in [9.17, 15) is 4.39 Å². The van der Waals surface area contributed by atoms with Gasteiger partial charge in [0.25, 0.3) is 0 Å². The van der Waals surface area contributed by atoms with Crippen molar-refractivity contribution >= 4 is 5.69 Å². The SMILES string of the molecule is C#Cc1ccc(C)cc1N(C)C.C=C(C)OC(C)(C)C.C=CC.CC(C)C(C)C1CCC1.CCC1=C(F)C=C(C)C1. The molecule has 0 radical (unpaired) electrons. The predicted octanol–water partition coefficient (Wildman–Crippen LogP) is 11.6. The van der Waals surface area contributed by atoms with Crippen molar-refractivity contribution in [3.63, 3.8) is 0 Å². The molecule has 232 valence electrons. The topological polar surface area (TPSA) is 12.5 Å². The van der Waals surface area contributed by atoms with Crippen molar-refractivity contribution in [2.45, 2.75) is 114 Å². The zero-order valence-corrected chi connectivity index (χ0v) is 28.9. The summed E-state index contributed by atoms with van der Waals surface area (Å²) in [4.78, 5) is 2.03. The van der Waals surface area contributed by atoms with E-state index < -0.39 is 0 Å². The first-order valence-electron chi connectivity index (χ1n) is 15.1. The molecule has 1 saturated carbocycles. The molecule has 1 aromatic rings. The molecule has 0 N–H and O–H groups in total. The van der Waals surface area contributed by atoms with Gasteiger partial charge in [0, 0.05) is 19.7 Å². The van der Waals surface area contributed by atoms with Gasteiger partial charge in [-0.2, -0.15) is 0 Å². The fourth-order valence-corrected chi connectivity index (χ4v) is 4.25. The molecule has 0 saturated heterocycles. The number of allylic oxidation sites excluding steroid dienone is 6. The van der Waals surface area contributed by atoms with Gasteiger partial charge in [-0.3, -0.25) is 0 Å². The number of nitrogens with zero attached hydrogens (tertiary/aromatic N) is 1. The Balaban J connectivity index is 0. The van der Waals surface area contributed by atoms with Crippen molar-refractivity contribution in [1.82, 2.24) is 0 Å². The Morgan fingerprint density at radius 1 is 1.20 bits per heavy atom. The van der Waals surface area contributed by atoms with Gasteiger partial charge in [0.15, 0.2) is 0 Å². The number of aryl methyl sites for hydroxylation is 1. The second kappa shape index (κ2) is 21.0. The van der Waals surface area contributed by atoms with Crippen LogP contribution in [0, 0.1) is 37.0 Å². The quantitative estimate of drug-likeness (QED) is 0.199. The lowest BCUT2D eigenvalue weighted by molar-refractivity contribution is 0.0544. The van der Waals surface area contributed by atoms with E-state index in [4.69, 9.17) is 11.2 Å². The molecule has 0 amide bonds. The van der Waals surface area contributed by atoms with E-state index in [1.54, 1.807) is 12.2 Å². The maximum Gasteiger partial charge on any atom is 0.122 e. The molecule has 3 rings (SSSR count). The van der Waals surface area contributed by atoms with E-state index in [0.717, 1.165) is 58.8 Å². The van der Waals surface area contributed by atoms with E-state index in [1.807, 2.05) is 79.6 Å². The molecule has 0 spiro atoms. The minimum absolute atomic E-state index is 0.00463. The molecule has 1 fully saturated rings. The largest absolute Gasteiger partial charge is 0.493 e. The van der Waals surface area contributed by atoms with E-state index in [1.165, 1.54) is 24.8 Å². The lowest BCUT2D eigenvalue weighted by Gasteiger charge is -2.33. The monoisotopic (exact) mass is 567 g/mol. The summed E-state index contributed by atoms with van der Waals surface area (Å²) in [5, 5.41) is 0. The molecule has 0 bridgehead atoms. The van der Waals surface area contributed by atoms with Crippen LogP contribution < -0.4 is 4.90 Å². The first-order chi connectivity index (χ1) is 18.9. The van der Waals surface area contributed by atoms with Crippen molar-refractivity contribution in [2.75, 3.05) is 19.0 Å². The second-order valence-corrected chi connectivity index (χ2v) is 12.7. The van der Waals surface area contributed by atoms with Gasteiger partial charge in [0.1, 0.15) is 11.4 Å². The van der Waals surface area contributed by atoms with E-state index in [0.29, 0.717) is 0 Å². The minimum atomic E-state index is -0.0775. The van der Waals surface area contributed by atoms with Crippen LogP contribution in [0.1, 0.15) is 112 Å². The van der Waals surface area contributed by atoms with Gasteiger partial charge in [-0.05, 0) is 108 Å². The number of halogens is 1. The fraction of sp³-hybridized carbons (Fsp3) is 0.579. The average molecular weight is 568 g/mol. The zero-order valence-electron chi connectivity index (χ0n) is 28.9. The molecule has 1 atom stereocenters. The molecule has 0 aromatic heterocycles. The predicted molar refractivity (Wildman–Crippen MR) is 183 cm³/mol. The number of anilines is 1. The van der Waals surface area contributed by atoms with Crippen LogP contribution >= 0.6 is 0 Å². The fourth-order valence-electron chi connectivity index (χ4n) is 4.25. The maximum atomic E-state index is 12.6. The van der Waals surface area contributed by atoms with Crippen LogP contribution in [0.3, 0.4) is 0 Å². The number of terminal acetylenes is 1. The summed E-state index contributed by atoms with van der Waals surface area (Å²) >= 11 is 0. The Morgan fingerprint density at radius 2 is 1.73 bits per heavy atom. The highest BCUT2D eigenvalue weighted by Crippen LogP contribution is 2.36. The summed E-state index contributed by atoms with van der Waals surface area (Å²) in [5.74, 6) is 6.38. The third kappa shape index (κ3) is 19.1. The van der Waals surface area contributed by atoms with Gasteiger partial charge in [-0.15, -0.1) is 13.0 Å². The smallest absolute Gasteiger partial charge is 0.122 e. The van der Waals surface area contributed by atoms with Gasteiger partial charge in [0.2, 0.25) is 0 Å². The lowest BCUT2D eigenvalue weighted by atomic mass is 9.72. The summed E-state index contributed by atoms with van der Waals surface area (Å²) in [6.07, 6.45) is 14.9. The van der Waals surface area contributed by atoms with Crippen molar-refractivity contribution in [1.29, 1.82) is 0 Å². The standard InChI is InChI=1S/C11H13N.C9H18.C8H11F.C7H14O.C3H6/c1-5-10-7-6-9(2)8-11(10)12(3)4;1-7(2)8(3)9-5-4-6-9;1-3-7-4-6(2)5-8(7)9;1-6(2)8-7(3,4)5;1-3-2/h1,6-8H,2-4H3;7-9H,4-6H2,1-3H3;5H,3-4H2,1-2H3;1H2,2-5H3;3H,1H2,2H3. The van der Waals surface area contributed by atoms with Crippen LogP contribution in [0.15, 0.2) is 66.2 Å². The average Bonchev–Trinajstić information content (AvgIpc) is 3.15. The normalized spacial score (nSPS) is 14.5. The highest BCUT2D eigenvalue weighted by molar-refractivity contribution is 5.60. The van der Waals surface area contributed by atoms with E-state index in [2.05, 4.69) is 52.8 Å². The van der Waals surface area contributed by atoms with Crippen molar-refractivity contribution < 1.29 is 9.13 Å². The van der Waals surface area contributed by atoms with Crippen LogP contribution in [0.5, 0.6) is 0 Å². The Morgan fingerprint density at radius 3 is 1.95 bits per heavy atom. The molecule has 0 aliphatic heterocycles. The Bertz CT molecular complexity index is 1010. The summed E-state index contributed by atoms with van der Waals surface area (Å²) < 4.78 is 17.9. The lowest BCUT2D eigenvalue weighted by Crippen LogP contribution is -2.23. The molecule has 1 unspecified atom stereocenters. The first-order valence-corrected chi connectivity index (χ1v) is 15.1. The number of hydrogen-bond donors (Lipinski definition) is 0. The third-order valence-electron chi connectivity index (χ3n) is 6.85. The van der Waals surface area contributed by atoms with Crippen molar-refractivity contribution in [2.24, 2.45) is 17.8 Å². The highest BCUT2D eigenvalue weighted by Gasteiger charge is 2.25. The highest BCUT2D eigenvalue weighted by atomic mass is 19.1. The van der Waals surface area contributed by atoms with E-state index in [-0.39, 0.29) is 11.4 Å². The minimum Gasteiger partial charge on any atom is -0.493 e.